The quantitative estimate of drug-likeness (QED) is 0.814. The van der Waals surface area contributed by atoms with Crippen LogP contribution < -0.4 is 4.74 Å². The molecule has 0 radical (unpaired) electrons. The van der Waals surface area contributed by atoms with Crippen LogP contribution in [0.4, 0.5) is 0 Å². The fourth-order valence-electron chi connectivity index (χ4n) is 1.29. The molecule has 4 heteroatoms. The van der Waals surface area contributed by atoms with Gasteiger partial charge in [0.05, 0.1) is 9.77 Å². The van der Waals surface area contributed by atoms with Crippen LogP contribution in [0.25, 0.3) is 0 Å². The van der Waals surface area contributed by atoms with Crippen molar-refractivity contribution in [1.29, 1.82) is 0 Å². The van der Waals surface area contributed by atoms with E-state index in [4.69, 9.17) is 4.74 Å². The number of hydrogen-bond acceptors (Lipinski definition) is 2. The molecule has 0 aliphatic heterocycles. The van der Waals surface area contributed by atoms with Crippen LogP contribution in [-0.2, 0) is 13.7 Å². The standard InChI is InChI=1S/C11H11IN2O/c1-14-11(10(12)7-13-14)15-8-9-5-3-2-4-6-9/h2-7H,8H2,1H3. The molecular formula is C11H11IN2O. The van der Waals surface area contributed by atoms with Crippen LogP contribution in [0, 0.1) is 3.57 Å². The average molecular weight is 314 g/mol. The Morgan fingerprint density at radius 3 is 2.67 bits per heavy atom. The van der Waals surface area contributed by atoms with Gasteiger partial charge in [-0.05, 0) is 28.2 Å². The molecule has 78 valence electrons. The normalized spacial score (nSPS) is 10.3. The number of rotatable bonds is 3. The van der Waals surface area contributed by atoms with E-state index >= 15 is 0 Å². The Balaban J connectivity index is 2.05. The molecule has 0 amide bonds. The molecule has 3 nitrogen and oxygen atoms in total. The molecular weight excluding hydrogens is 303 g/mol. The van der Waals surface area contributed by atoms with E-state index in [1.54, 1.807) is 10.9 Å². The van der Waals surface area contributed by atoms with Crippen LogP contribution in [0.1, 0.15) is 5.56 Å². The fourth-order valence-corrected chi connectivity index (χ4v) is 1.92. The SMILES string of the molecule is Cn1ncc(I)c1OCc1ccccc1. The Labute approximate surface area is 102 Å². The zero-order valence-corrected chi connectivity index (χ0v) is 10.5. The first-order valence-corrected chi connectivity index (χ1v) is 5.69. The summed E-state index contributed by atoms with van der Waals surface area (Å²) in [4.78, 5) is 0. The molecule has 1 aromatic carbocycles. The number of ether oxygens (including phenoxy) is 1. The van der Waals surface area contributed by atoms with Crippen LogP contribution in [0.3, 0.4) is 0 Å². The van der Waals surface area contributed by atoms with Crippen molar-refractivity contribution in [2.24, 2.45) is 7.05 Å². The van der Waals surface area contributed by atoms with Gasteiger partial charge < -0.3 is 4.74 Å². The molecule has 0 fully saturated rings. The molecule has 0 atom stereocenters. The lowest BCUT2D eigenvalue weighted by Gasteiger charge is -2.06. The third-order valence-corrected chi connectivity index (χ3v) is 2.80. The first-order valence-electron chi connectivity index (χ1n) is 4.61. The topological polar surface area (TPSA) is 27.1 Å². The second-order valence-electron chi connectivity index (χ2n) is 3.20. The number of hydrogen-bond donors (Lipinski definition) is 0. The van der Waals surface area contributed by atoms with Gasteiger partial charge in [0, 0.05) is 7.05 Å². The van der Waals surface area contributed by atoms with Crippen molar-refractivity contribution in [3.8, 4) is 5.88 Å². The summed E-state index contributed by atoms with van der Waals surface area (Å²) >= 11 is 2.22. The summed E-state index contributed by atoms with van der Waals surface area (Å²) in [6.07, 6.45) is 1.79. The number of nitrogens with zero attached hydrogens (tertiary/aromatic N) is 2. The first kappa shape index (κ1) is 10.5. The van der Waals surface area contributed by atoms with E-state index in [9.17, 15) is 0 Å². The van der Waals surface area contributed by atoms with E-state index in [-0.39, 0.29) is 0 Å². The molecule has 0 spiro atoms. The second-order valence-corrected chi connectivity index (χ2v) is 4.36. The molecule has 0 saturated carbocycles. The zero-order valence-electron chi connectivity index (χ0n) is 8.35. The minimum atomic E-state index is 0.580. The molecule has 15 heavy (non-hydrogen) atoms. The van der Waals surface area contributed by atoms with Gasteiger partial charge in [0.25, 0.3) is 0 Å². The van der Waals surface area contributed by atoms with Crippen LogP contribution >= 0.6 is 22.6 Å². The number of halogens is 1. The maximum Gasteiger partial charge on any atom is 0.225 e. The van der Waals surface area contributed by atoms with Gasteiger partial charge in [-0.2, -0.15) is 5.10 Å². The molecule has 2 aromatic rings. The second kappa shape index (κ2) is 4.65. The van der Waals surface area contributed by atoms with E-state index in [1.807, 2.05) is 37.4 Å². The van der Waals surface area contributed by atoms with Crippen molar-refractivity contribution in [2.75, 3.05) is 0 Å². The van der Waals surface area contributed by atoms with E-state index < -0.39 is 0 Å². The van der Waals surface area contributed by atoms with Crippen molar-refractivity contribution in [3.63, 3.8) is 0 Å². The van der Waals surface area contributed by atoms with Crippen LogP contribution in [-0.4, -0.2) is 9.78 Å². The van der Waals surface area contributed by atoms with Crippen molar-refractivity contribution >= 4 is 22.6 Å². The minimum absolute atomic E-state index is 0.580. The lowest BCUT2D eigenvalue weighted by molar-refractivity contribution is 0.277. The van der Waals surface area contributed by atoms with Crippen molar-refractivity contribution in [3.05, 3.63) is 45.7 Å². The van der Waals surface area contributed by atoms with E-state index in [1.165, 1.54) is 0 Å². The predicted octanol–water partition coefficient (Wildman–Crippen LogP) is 2.60. The molecule has 1 aromatic heterocycles. The minimum Gasteiger partial charge on any atom is -0.472 e. The average Bonchev–Trinajstić information content (AvgIpc) is 2.58. The van der Waals surface area contributed by atoms with Gasteiger partial charge in [-0.25, -0.2) is 4.68 Å². The molecule has 0 unspecified atom stereocenters. The van der Waals surface area contributed by atoms with Crippen LogP contribution in [0.5, 0.6) is 5.88 Å². The van der Waals surface area contributed by atoms with Gasteiger partial charge >= 0.3 is 0 Å². The van der Waals surface area contributed by atoms with Crippen LogP contribution in [0.15, 0.2) is 36.5 Å². The van der Waals surface area contributed by atoms with Gasteiger partial charge in [-0.15, -0.1) is 0 Å². The van der Waals surface area contributed by atoms with E-state index in [0.29, 0.717) is 6.61 Å². The first-order chi connectivity index (χ1) is 7.27. The molecule has 0 saturated heterocycles. The summed E-state index contributed by atoms with van der Waals surface area (Å²) in [6, 6.07) is 10.1. The van der Waals surface area contributed by atoms with E-state index in [0.717, 1.165) is 15.0 Å². The van der Waals surface area contributed by atoms with Crippen molar-refractivity contribution < 1.29 is 4.74 Å². The molecule has 0 N–H and O–H groups in total. The number of aryl methyl sites for hydroxylation is 1. The molecule has 0 aliphatic rings. The van der Waals surface area contributed by atoms with Crippen LogP contribution in [0.2, 0.25) is 0 Å². The zero-order chi connectivity index (χ0) is 10.7. The van der Waals surface area contributed by atoms with Crippen molar-refractivity contribution in [2.45, 2.75) is 6.61 Å². The highest BCUT2D eigenvalue weighted by Crippen LogP contribution is 2.19. The third-order valence-electron chi connectivity index (χ3n) is 2.06. The lowest BCUT2D eigenvalue weighted by Crippen LogP contribution is -2.01. The number of aromatic nitrogens is 2. The molecule has 0 bridgehead atoms. The van der Waals surface area contributed by atoms with Gasteiger partial charge in [-0.3, -0.25) is 0 Å². The highest BCUT2D eigenvalue weighted by molar-refractivity contribution is 14.1. The molecule has 2 rings (SSSR count). The third kappa shape index (κ3) is 2.50. The Morgan fingerprint density at radius 1 is 1.33 bits per heavy atom. The monoisotopic (exact) mass is 314 g/mol. The fraction of sp³-hybridized carbons (Fsp3) is 0.182. The van der Waals surface area contributed by atoms with Gasteiger partial charge in [0.1, 0.15) is 6.61 Å². The summed E-state index contributed by atoms with van der Waals surface area (Å²) in [5.41, 5.74) is 1.16. The van der Waals surface area contributed by atoms with Crippen molar-refractivity contribution in [1.82, 2.24) is 9.78 Å². The Kier molecular flexibility index (Phi) is 3.25. The predicted molar refractivity (Wildman–Crippen MR) is 66.7 cm³/mol. The van der Waals surface area contributed by atoms with E-state index in [2.05, 4.69) is 27.7 Å². The molecule has 1 heterocycles. The smallest absolute Gasteiger partial charge is 0.225 e. The lowest BCUT2D eigenvalue weighted by atomic mass is 10.2. The Bertz CT molecular complexity index is 420. The Hall–Kier alpha value is -1.04. The highest BCUT2D eigenvalue weighted by Gasteiger charge is 2.06. The van der Waals surface area contributed by atoms with Gasteiger partial charge in [0.15, 0.2) is 0 Å². The highest BCUT2D eigenvalue weighted by atomic mass is 127. The summed E-state index contributed by atoms with van der Waals surface area (Å²) in [7, 11) is 1.88. The maximum absolute atomic E-state index is 5.69. The summed E-state index contributed by atoms with van der Waals surface area (Å²) in [5.74, 6) is 0.819. The largest absolute Gasteiger partial charge is 0.472 e. The summed E-state index contributed by atoms with van der Waals surface area (Å²) < 4.78 is 8.46. The maximum atomic E-state index is 5.69. The summed E-state index contributed by atoms with van der Waals surface area (Å²) in [5, 5.41) is 4.11. The van der Waals surface area contributed by atoms with Gasteiger partial charge in [0.2, 0.25) is 5.88 Å². The summed E-state index contributed by atoms with van der Waals surface area (Å²) in [6.45, 7) is 0.580. The number of benzene rings is 1. The molecule has 0 aliphatic carbocycles. The Morgan fingerprint density at radius 2 is 2.07 bits per heavy atom. The van der Waals surface area contributed by atoms with Gasteiger partial charge in [-0.1, -0.05) is 30.3 Å².